The highest BCUT2D eigenvalue weighted by Gasteiger charge is 1.98. The lowest BCUT2D eigenvalue weighted by Crippen LogP contribution is -2.03. The summed E-state index contributed by atoms with van der Waals surface area (Å²) >= 11 is 0. The fourth-order valence-corrected chi connectivity index (χ4v) is 0.960. The number of allylic oxidation sites excluding steroid dienone is 1. The zero-order chi connectivity index (χ0) is 13.0. The molecule has 0 aliphatic heterocycles. The van der Waals surface area contributed by atoms with Gasteiger partial charge in [0.2, 0.25) is 0 Å². The van der Waals surface area contributed by atoms with Gasteiger partial charge in [-0.3, -0.25) is 0 Å². The van der Waals surface area contributed by atoms with E-state index in [1.165, 1.54) is 5.57 Å². The van der Waals surface area contributed by atoms with Gasteiger partial charge in [0.1, 0.15) is 0 Å². The summed E-state index contributed by atoms with van der Waals surface area (Å²) in [5, 5.41) is 0. The quantitative estimate of drug-likeness (QED) is 0.481. The van der Waals surface area contributed by atoms with E-state index >= 15 is 0 Å². The summed E-state index contributed by atoms with van der Waals surface area (Å²) in [5.74, 6) is -0.312. The van der Waals surface area contributed by atoms with Gasteiger partial charge in [-0.1, -0.05) is 32.1 Å². The van der Waals surface area contributed by atoms with E-state index in [-0.39, 0.29) is 23.0 Å². The summed E-state index contributed by atoms with van der Waals surface area (Å²) in [4.78, 5) is 10.4. The number of hydrogen-bond donors (Lipinski definition) is 1. The van der Waals surface area contributed by atoms with Gasteiger partial charge in [0.05, 0.1) is 6.61 Å². The fourth-order valence-electron chi connectivity index (χ4n) is 0.960. The minimum Gasteiger partial charge on any atom is -0.463 e. The Hall–Kier alpha value is -0.610. The standard InChI is InChI=1S/C7H15N.C6H10O2.BrH/c1-3-7(4-2)5-6-8;1-4-8-6(7)5(2)3;/h5H,3-4,6,8H2,1-2H3;2,4H2,1,3H3;1H. The molecule has 0 atom stereocenters. The lowest BCUT2D eigenvalue weighted by atomic mass is 10.1. The molecule has 0 saturated carbocycles. The van der Waals surface area contributed by atoms with E-state index < -0.39 is 0 Å². The lowest BCUT2D eigenvalue weighted by molar-refractivity contribution is -0.138. The Labute approximate surface area is 116 Å². The fraction of sp³-hybridized carbons (Fsp3) is 0.615. The second-order valence-electron chi connectivity index (χ2n) is 3.31. The van der Waals surface area contributed by atoms with Crippen molar-refractivity contribution in [2.45, 2.75) is 40.5 Å². The third kappa shape index (κ3) is 15.4. The van der Waals surface area contributed by atoms with Crippen LogP contribution in [0.25, 0.3) is 0 Å². The van der Waals surface area contributed by atoms with Crippen LogP contribution in [0.5, 0.6) is 0 Å². The summed E-state index contributed by atoms with van der Waals surface area (Å²) in [6.07, 6.45) is 4.39. The average molecular weight is 308 g/mol. The van der Waals surface area contributed by atoms with Gasteiger partial charge in [0.15, 0.2) is 0 Å². The molecule has 0 unspecified atom stereocenters. The Morgan fingerprint density at radius 2 is 1.76 bits per heavy atom. The molecule has 0 radical (unpaired) electrons. The second kappa shape index (κ2) is 15.4. The van der Waals surface area contributed by atoms with Gasteiger partial charge in [-0.25, -0.2) is 4.79 Å². The van der Waals surface area contributed by atoms with E-state index in [1.807, 2.05) is 0 Å². The highest BCUT2D eigenvalue weighted by molar-refractivity contribution is 8.93. The normalized spacial score (nSPS) is 8.06. The number of rotatable bonds is 5. The SMILES string of the molecule is Br.C=C(C)C(=O)OCC.CCC(=CCN)CC. The molecule has 0 saturated heterocycles. The largest absolute Gasteiger partial charge is 0.463 e. The number of ether oxygens (including phenoxy) is 1. The van der Waals surface area contributed by atoms with Gasteiger partial charge in [-0.2, -0.15) is 0 Å². The van der Waals surface area contributed by atoms with Crippen LogP contribution in [0.2, 0.25) is 0 Å². The van der Waals surface area contributed by atoms with Crippen molar-refractivity contribution in [2.24, 2.45) is 5.73 Å². The molecule has 0 aliphatic rings. The lowest BCUT2D eigenvalue weighted by Gasteiger charge is -1.96. The maximum Gasteiger partial charge on any atom is 0.333 e. The molecule has 102 valence electrons. The molecule has 0 spiro atoms. The number of nitrogens with two attached hydrogens (primary N) is 1. The van der Waals surface area contributed by atoms with Crippen molar-refractivity contribution in [1.82, 2.24) is 0 Å². The maximum absolute atomic E-state index is 10.4. The van der Waals surface area contributed by atoms with Crippen LogP contribution in [-0.2, 0) is 9.53 Å². The third-order valence-electron chi connectivity index (χ3n) is 1.94. The van der Waals surface area contributed by atoms with Crippen LogP contribution in [0.4, 0.5) is 0 Å². The van der Waals surface area contributed by atoms with E-state index in [0.29, 0.717) is 18.7 Å². The van der Waals surface area contributed by atoms with E-state index in [4.69, 9.17) is 5.73 Å². The summed E-state index contributed by atoms with van der Waals surface area (Å²) in [6, 6.07) is 0. The van der Waals surface area contributed by atoms with Crippen molar-refractivity contribution >= 4 is 23.0 Å². The molecule has 0 rings (SSSR count). The molecule has 3 nitrogen and oxygen atoms in total. The highest BCUT2D eigenvalue weighted by atomic mass is 79.9. The first-order valence-electron chi connectivity index (χ1n) is 5.73. The predicted molar refractivity (Wildman–Crippen MR) is 79.5 cm³/mol. The molecular weight excluding hydrogens is 282 g/mol. The van der Waals surface area contributed by atoms with Crippen molar-refractivity contribution in [2.75, 3.05) is 13.2 Å². The monoisotopic (exact) mass is 307 g/mol. The Morgan fingerprint density at radius 1 is 1.29 bits per heavy atom. The summed E-state index contributed by atoms with van der Waals surface area (Å²) in [5.41, 5.74) is 7.22. The number of esters is 1. The molecule has 2 N–H and O–H groups in total. The zero-order valence-electron chi connectivity index (χ0n) is 11.4. The topological polar surface area (TPSA) is 52.3 Å². The smallest absolute Gasteiger partial charge is 0.333 e. The zero-order valence-corrected chi connectivity index (χ0v) is 13.1. The van der Waals surface area contributed by atoms with E-state index in [0.717, 1.165) is 12.8 Å². The molecule has 4 heteroatoms. The summed E-state index contributed by atoms with van der Waals surface area (Å²) < 4.78 is 4.56. The minimum atomic E-state index is -0.312. The van der Waals surface area contributed by atoms with Crippen LogP contribution >= 0.6 is 17.0 Å². The number of hydrogen-bond acceptors (Lipinski definition) is 3. The Morgan fingerprint density at radius 3 is 1.88 bits per heavy atom. The van der Waals surface area contributed by atoms with Crippen molar-refractivity contribution in [3.05, 3.63) is 23.8 Å². The van der Waals surface area contributed by atoms with E-state index in [2.05, 4.69) is 31.2 Å². The number of halogens is 1. The molecule has 0 bridgehead atoms. The van der Waals surface area contributed by atoms with Gasteiger partial charge in [0.25, 0.3) is 0 Å². The molecule has 0 fully saturated rings. The van der Waals surface area contributed by atoms with Gasteiger partial charge in [-0.15, -0.1) is 17.0 Å². The van der Waals surface area contributed by atoms with Crippen LogP contribution < -0.4 is 5.73 Å². The highest BCUT2D eigenvalue weighted by Crippen LogP contribution is 2.02. The molecule has 0 heterocycles. The first kappa shape index (κ1) is 21.7. The van der Waals surface area contributed by atoms with Gasteiger partial charge < -0.3 is 10.5 Å². The molecular formula is C13H26BrNO2. The molecule has 17 heavy (non-hydrogen) atoms. The van der Waals surface area contributed by atoms with Crippen LogP contribution in [0, 0.1) is 0 Å². The minimum absolute atomic E-state index is 0. The molecule has 0 amide bonds. The van der Waals surface area contributed by atoms with Crippen molar-refractivity contribution in [1.29, 1.82) is 0 Å². The predicted octanol–water partition coefficient (Wildman–Crippen LogP) is 3.40. The summed E-state index contributed by atoms with van der Waals surface area (Å²) in [7, 11) is 0. The average Bonchev–Trinajstić information content (AvgIpc) is 2.27. The second-order valence-corrected chi connectivity index (χ2v) is 3.31. The number of carbonyl (C=O) groups is 1. The third-order valence-corrected chi connectivity index (χ3v) is 1.94. The van der Waals surface area contributed by atoms with Crippen LogP contribution in [0.3, 0.4) is 0 Å². The van der Waals surface area contributed by atoms with Crippen molar-refractivity contribution < 1.29 is 9.53 Å². The Kier molecular flexibility index (Phi) is 19.6. The first-order chi connectivity index (χ1) is 7.53. The summed E-state index contributed by atoms with van der Waals surface area (Å²) in [6.45, 7) is 12.2. The van der Waals surface area contributed by atoms with Crippen LogP contribution in [0.1, 0.15) is 40.5 Å². The molecule has 0 aromatic rings. The van der Waals surface area contributed by atoms with Crippen LogP contribution in [-0.4, -0.2) is 19.1 Å². The molecule has 0 aliphatic carbocycles. The Balaban J connectivity index is -0.000000218. The van der Waals surface area contributed by atoms with Crippen LogP contribution in [0.15, 0.2) is 23.8 Å². The first-order valence-corrected chi connectivity index (χ1v) is 5.73. The van der Waals surface area contributed by atoms with E-state index in [9.17, 15) is 4.79 Å². The maximum atomic E-state index is 10.4. The van der Waals surface area contributed by atoms with E-state index in [1.54, 1.807) is 13.8 Å². The molecule has 0 aromatic carbocycles. The van der Waals surface area contributed by atoms with Gasteiger partial charge in [0, 0.05) is 12.1 Å². The Bertz CT molecular complexity index is 232. The number of carbonyl (C=O) groups excluding carboxylic acids is 1. The molecule has 0 aromatic heterocycles. The van der Waals surface area contributed by atoms with Crippen molar-refractivity contribution in [3.63, 3.8) is 0 Å². The van der Waals surface area contributed by atoms with Gasteiger partial charge in [-0.05, 0) is 26.7 Å². The van der Waals surface area contributed by atoms with Gasteiger partial charge >= 0.3 is 5.97 Å². The van der Waals surface area contributed by atoms with Crippen molar-refractivity contribution in [3.8, 4) is 0 Å².